The van der Waals surface area contributed by atoms with Crippen molar-refractivity contribution in [3.05, 3.63) is 46.8 Å². The Hall–Kier alpha value is -2.85. The summed E-state index contributed by atoms with van der Waals surface area (Å²) in [5, 5.41) is 0. The van der Waals surface area contributed by atoms with E-state index >= 15 is 0 Å². The molecule has 1 aromatic heterocycles. The zero-order valence-corrected chi connectivity index (χ0v) is 13.4. The van der Waals surface area contributed by atoms with Crippen LogP contribution in [0, 0.1) is 13.8 Å². The number of hydrogen-bond acceptors (Lipinski definition) is 3. The first-order valence-electron chi connectivity index (χ1n) is 7.01. The van der Waals surface area contributed by atoms with Gasteiger partial charge in [0.2, 0.25) is 5.95 Å². The second-order valence-corrected chi connectivity index (χ2v) is 5.33. The highest BCUT2D eigenvalue weighted by molar-refractivity contribution is 5.98. The number of primary amides is 1. The highest BCUT2D eigenvalue weighted by Crippen LogP contribution is 2.40. The summed E-state index contributed by atoms with van der Waals surface area (Å²) in [5.41, 5.74) is 1.51. The molecule has 2 rings (SSSR count). The molecule has 2 amide bonds. The number of amides is 2. The fraction of sp³-hybridized carbons (Fsp3) is 0.267. The van der Waals surface area contributed by atoms with Crippen molar-refractivity contribution in [1.29, 1.82) is 0 Å². The van der Waals surface area contributed by atoms with E-state index in [2.05, 4.69) is 9.97 Å². The molecule has 26 heavy (non-hydrogen) atoms. The van der Waals surface area contributed by atoms with Crippen LogP contribution in [0.4, 0.5) is 42.8 Å². The second-order valence-electron chi connectivity index (χ2n) is 5.33. The van der Waals surface area contributed by atoms with Gasteiger partial charge in [-0.05, 0) is 31.5 Å². The molecule has 0 aliphatic carbocycles. The average Bonchev–Trinajstić information content (AvgIpc) is 2.46. The monoisotopic (exact) mass is 378 g/mol. The normalized spacial score (nSPS) is 12.2. The minimum atomic E-state index is -4.88. The van der Waals surface area contributed by atoms with E-state index in [0.717, 1.165) is 6.07 Å². The van der Waals surface area contributed by atoms with Gasteiger partial charge < -0.3 is 5.73 Å². The predicted molar refractivity (Wildman–Crippen MR) is 79.7 cm³/mol. The zero-order chi connectivity index (χ0) is 19.9. The molecule has 0 aliphatic heterocycles. The number of para-hydroxylation sites is 1. The number of aromatic nitrogens is 2. The molecule has 140 valence electrons. The topological polar surface area (TPSA) is 72.1 Å². The standard InChI is InChI=1S/C15H12F6N4O/c1-7-4-3-5-9(14(16,17)18)11(7)25(12(22)26)13-23-8(2)6-10(24-13)15(19,20)21/h3-6H,1-2H3,(H2,22,26). The number of aryl methyl sites for hydroxylation is 2. The Bertz CT molecular complexity index is 847. The van der Waals surface area contributed by atoms with E-state index in [0.29, 0.717) is 12.1 Å². The molecule has 0 bridgehead atoms. The number of benzene rings is 1. The van der Waals surface area contributed by atoms with E-state index in [-0.39, 0.29) is 16.2 Å². The number of anilines is 2. The van der Waals surface area contributed by atoms with Gasteiger partial charge in [-0.15, -0.1) is 0 Å². The van der Waals surface area contributed by atoms with Gasteiger partial charge in [-0.3, -0.25) is 0 Å². The Morgan fingerprint density at radius 3 is 2.15 bits per heavy atom. The van der Waals surface area contributed by atoms with Gasteiger partial charge in [0.05, 0.1) is 11.3 Å². The number of nitrogens with zero attached hydrogens (tertiary/aromatic N) is 3. The third-order valence-electron chi connectivity index (χ3n) is 3.32. The van der Waals surface area contributed by atoms with Gasteiger partial charge in [0, 0.05) is 5.69 Å². The molecule has 1 aromatic carbocycles. The minimum absolute atomic E-state index is 0.0442. The van der Waals surface area contributed by atoms with Crippen LogP contribution >= 0.6 is 0 Å². The van der Waals surface area contributed by atoms with Crippen molar-refractivity contribution in [3.63, 3.8) is 0 Å². The van der Waals surface area contributed by atoms with Crippen molar-refractivity contribution in [2.24, 2.45) is 5.73 Å². The van der Waals surface area contributed by atoms with Crippen LogP contribution in [-0.4, -0.2) is 16.0 Å². The lowest BCUT2D eigenvalue weighted by atomic mass is 10.1. The van der Waals surface area contributed by atoms with Crippen LogP contribution in [0.3, 0.4) is 0 Å². The highest BCUT2D eigenvalue weighted by atomic mass is 19.4. The molecule has 0 radical (unpaired) electrons. The number of rotatable bonds is 2. The summed E-state index contributed by atoms with van der Waals surface area (Å²) >= 11 is 0. The number of alkyl halides is 6. The summed E-state index contributed by atoms with van der Waals surface area (Å²) < 4.78 is 78.8. The molecule has 0 unspecified atom stereocenters. The lowest BCUT2D eigenvalue weighted by Gasteiger charge is -2.25. The number of nitrogens with two attached hydrogens (primary N) is 1. The van der Waals surface area contributed by atoms with E-state index < -0.39 is 41.3 Å². The summed E-state index contributed by atoms with van der Waals surface area (Å²) in [5.74, 6) is -0.898. The van der Waals surface area contributed by atoms with Gasteiger partial charge in [-0.2, -0.15) is 26.3 Å². The van der Waals surface area contributed by atoms with Crippen molar-refractivity contribution >= 4 is 17.7 Å². The summed E-state index contributed by atoms with van der Waals surface area (Å²) in [6.07, 6.45) is -9.77. The molecule has 2 N–H and O–H groups in total. The van der Waals surface area contributed by atoms with Crippen molar-refractivity contribution < 1.29 is 31.1 Å². The predicted octanol–water partition coefficient (Wildman–Crippen LogP) is 4.35. The quantitative estimate of drug-likeness (QED) is 0.790. The largest absolute Gasteiger partial charge is 0.433 e. The Morgan fingerprint density at radius 2 is 1.65 bits per heavy atom. The van der Waals surface area contributed by atoms with E-state index in [4.69, 9.17) is 5.73 Å². The maximum absolute atomic E-state index is 13.3. The molecular formula is C15H12F6N4O. The second kappa shape index (κ2) is 6.46. The van der Waals surface area contributed by atoms with Crippen LogP contribution in [0.5, 0.6) is 0 Å². The van der Waals surface area contributed by atoms with Crippen molar-refractivity contribution in [2.45, 2.75) is 26.2 Å². The lowest BCUT2D eigenvalue weighted by molar-refractivity contribution is -0.141. The number of carbonyl (C=O) groups excluding carboxylic acids is 1. The van der Waals surface area contributed by atoms with E-state index in [1.165, 1.54) is 19.9 Å². The maximum atomic E-state index is 13.3. The molecule has 0 spiro atoms. The highest BCUT2D eigenvalue weighted by Gasteiger charge is 2.39. The Balaban J connectivity index is 2.78. The molecule has 0 aliphatic rings. The smallest absolute Gasteiger partial charge is 0.351 e. The van der Waals surface area contributed by atoms with E-state index in [1.54, 1.807) is 0 Å². The third kappa shape index (κ3) is 3.86. The molecule has 5 nitrogen and oxygen atoms in total. The minimum Gasteiger partial charge on any atom is -0.351 e. The molecule has 0 atom stereocenters. The van der Waals surface area contributed by atoms with Gasteiger partial charge in [-0.25, -0.2) is 19.7 Å². The van der Waals surface area contributed by atoms with E-state index in [9.17, 15) is 31.1 Å². The van der Waals surface area contributed by atoms with Crippen molar-refractivity contribution in [2.75, 3.05) is 4.90 Å². The van der Waals surface area contributed by atoms with Crippen LogP contribution in [0.25, 0.3) is 0 Å². The van der Waals surface area contributed by atoms with Crippen molar-refractivity contribution in [3.8, 4) is 0 Å². The zero-order valence-electron chi connectivity index (χ0n) is 13.4. The average molecular weight is 378 g/mol. The molecule has 1 heterocycles. The first kappa shape index (κ1) is 19.5. The molecule has 0 fully saturated rings. The number of hydrogen-bond donors (Lipinski definition) is 1. The van der Waals surface area contributed by atoms with Crippen LogP contribution in [-0.2, 0) is 12.4 Å². The summed E-state index contributed by atoms with van der Waals surface area (Å²) in [6.45, 7) is 2.43. The molecular weight excluding hydrogens is 366 g/mol. The number of urea groups is 1. The summed E-state index contributed by atoms with van der Waals surface area (Å²) in [7, 11) is 0. The molecule has 11 heteroatoms. The van der Waals surface area contributed by atoms with Gasteiger partial charge in [-0.1, -0.05) is 12.1 Å². The van der Waals surface area contributed by atoms with Crippen LogP contribution in [0.1, 0.15) is 22.5 Å². The molecule has 0 saturated carbocycles. The van der Waals surface area contributed by atoms with Gasteiger partial charge >= 0.3 is 18.4 Å². The van der Waals surface area contributed by atoms with Gasteiger partial charge in [0.25, 0.3) is 0 Å². The summed E-state index contributed by atoms with van der Waals surface area (Å²) in [4.78, 5) is 18.9. The fourth-order valence-electron chi connectivity index (χ4n) is 2.29. The van der Waals surface area contributed by atoms with Gasteiger partial charge in [0.15, 0.2) is 0 Å². The first-order valence-corrected chi connectivity index (χ1v) is 7.01. The number of carbonyl (C=O) groups is 1. The van der Waals surface area contributed by atoms with E-state index in [1.807, 2.05) is 0 Å². The fourth-order valence-corrected chi connectivity index (χ4v) is 2.29. The number of halogens is 6. The molecule has 2 aromatic rings. The lowest BCUT2D eigenvalue weighted by Crippen LogP contribution is -2.35. The van der Waals surface area contributed by atoms with Crippen LogP contribution in [0.15, 0.2) is 24.3 Å². The van der Waals surface area contributed by atoms with Crippen LogP contribution < -0.4 is 10.6 Å². The Labute approximate surface area is 143 Å². The summed E-state index contributed by atoms with van der Waals surface area (Å²) in [6, 6.07) is 2.17. The van der Waals surface area contributed by atoms with Crippen LogP contribution in [0.2, 0.25) is 0 Å². The molecule has 0 saturated heterocycles. The Morgan fingerprint density at radius 1 is 1.04 bits per heavy atom. The first-order chi connectivity index (χ1) is 11.8. The van der Waals surface area contributed by atoms with Crippen molar-refractivity contribution in [1.82, 2.24) is 9.97 Å². The Kier molecular flexibility index (Phi) is 4.84. The maximum Gasteiger partial charge on any atom is 0.433 e. The third-order valence-corrected chi connectivity index (χ3v) is 3.32. The van der Waals surface area contributed by atoms with Gasteiger partial charge in [0.1, 0.15) is 5.69 Å². The SMILES string of the molecule is Cc1cc(C(F)(F)F)nc(N(C(N)=O)c2c(C)cccc2C(F)(F)F)n1.